The third-order valence-corrected chi connectivity index (χ3v) is 4.32. The SMILES string of the molecule is N=C(C1=C(N)N(CC(=O)NCCC2C=CC=CC2)NC1)c1ccco1. The van der Waals surface area contributed by atoms with Crippen LogP contribution >= 0.6 is 0 Å². The molecule has 7 heteroatoms. The number of hydrazine groups is 1. The summed E-state index contributed by atoms with van der Waals surface area (Å²) in [6.45, 7) is 1.15. The second-order valence-electron chi connectivity index (χ2n) is 6.08. The van der Waals surface area contributed by atoms with Crippen LogP contribution in [0, 0.1) is 11.3 Å². The summed E-state index contributed by atoms with van der Waals surface area (Å²) in [4.78, 5) is 12.1. The lowest BCUT2D eigenvalue weighted by molar-refractivity contribution is -0.122. The second-order valence-corrected chi connectivity index (χ2v) is 6.08. The van der Waals surface area contributed by atoms with Gasteiger partial charge in [-0.1, -0.05) is 24.3 Å². The first-order valence-corrected chi connectivity index (χ1v) is 8.37. The van der Waals surface area contributed by atoms with Crippen LogP contribution in [0.25, 0.3) is 0 Å². The van der Waals surface area contributed by atoms with Gasteiger partial charge in [0.2, 0.25) is 5.91 Å². The Morgan fingerprint density at radius 1 is 1.48 bits per heavy atom. The van der Waals surface area contributed by atoms with Crippen molar-refractivity contribution in [3.05, 3.63) is 59.9 Å². The lowest BCUT2D eigenvalue weighted by Gasteiger charge is -2.19. The van der Waals surface area contributed by atoms with Gasteiger partial charge in [0.1, 0.15) is 18.1 Å². The third kappa shape index (κ3) is 4.19. The van der Waals surface area contributed by atoms with E-state index in [-0.39, 0.29) is 18.2 Å². The normalized spacial score (nSPS) is 19.5. The molecule has 1 amide bonds. The zero-order valence-electron chi connectivity index (χ0n) is 14.0. The molecule has 0 spiro atoms. The fraction of sp³-hybridized carbons (Fsp3) is 0.333. The number of nitrogens with zero attached hydrogens (tertiary/aromatic N) is 1. The van der Waals surface area contributed by atoms with Crippen LogP contribution in [-0.4, -0.2) is 36.3 Å². The molecule has 25 heavy (non-hydrogen) atoms. The summed E-state index contributed by atoms with van der Waals surface area (Å²) in [6, 6.07) is 3.44. The molecule has 1 aliphatic heterocycles. The molecule has 0 saturated carbocycles. The summed E-state index contributed by atoms with van der Waals surface area (Å²) in [6.07, 6.45) is 11.9. The molecule has 3 rings (SSSR count). The maximum atomic E-state index is 12.1. The third-order valence-electron chi connectivity index (χ3n) is 4.32. The van der Waals surface area contributed by atoms with E-state index in [1.807, 2.05) is 12.2 Å². The van der Waals surface area contributed by atoms with Crippen molar-refractivity contribution in [3.8, 4) is 0 Å². The van der Waals surface area contributed by atoms with Crippen LogP contribution in [0.15, 0.2) is 58.5 Å². The van der Waals surface area contributed by atoms with Gasteiger partial charge in [-0.05, 0) is 30.9 Å². The van der Waals surface area contributed by atoms with Crippen LogP contribution in [-0.2, 0) is 4.79 Å². The van der Waals surface area contributed by atoms with Gasteiger partial charge >= 0.3 is 0 Å². The summed E-state index contributed by atoms with van der Waals surface area (Å²) >= 11 is 0. The molecular formula is C18H23N5O2. The average molecular weight is 341 g/mol. The molecule has 0 radical (unpaired) electrons. The highest BCUT2D eigenvalue weighted by Crippen LogP contribution is 2.17. The number of carbonyl (C=O) groups excluding carboxylic acids is 1. The summed E-state index contributed by atoms with van der Waals surface area (Å²) in [5.74, 6) is 1.23. The minimum absolute atomic E-state index is 0.100. The Morgan fingerprint density at radius 2 is 2.36 bits per heavy atom. The van der Waals surface area contributed by atoms with Crippen LogP contribution in [0.5, 0.6) is 0 Å². The Kier molecular flexibility index (Phi) is 5.35. The molecule has 2 aliphatic rings. The molecular weight excluding hydrogens is 318 g/mol. The maximum Gasteiger partial charge on any atom is 0.241 e. The second kappa shape index (κ2) is 7.85. The zero-order valence-corrected chi connectivity index (χ0v) is 14.0. The highest BCUT2D eigenvalue weighted by Gasteiger charge is 2.26. The summed E-state index contributed by atoms with van der Waals surface area (Å²) < 4.78 is 5.23. The van der Waals surface area contributed by atoms with Crippen LogP contribution in [0.2, 0.25) is 0 Å². The van der Waals surface area contributed by atoms with E-state index in [2.05, 4.69) is 22.9 Å². The molecule has 1 aliphatic carbocycles. The Balaban J connectivity index is 1.47. The maximum absolute atomic E-state index is 12.1. The number of furan rings is 1. The largest absolute Gasteiger partial charge is 0.463 e. The molecule has 0 fully saturated rings. The lowest BCUT2D eigenvalue weighted by atomic mass is 9.97. The first-order chi connectivity index (χ1) is 12.1. The number of nitrogens with one attached hydrogen (secondary N) is 3. The van der Waals surface area contributed by atoms with Crippen molar-refractivity contribution in [2.24, 2.45) is 11.7 Å². The van der Waals surface area contributed by atoms with Gasteiger partial charge in [0.05, 0.1) is 6.26 Å². The monoisotopic (exact) mass is 341 g/mol. The van der Waals surface area contributed by atoms with Crippen molar-refractivity contribution < 1.29 is 9.21 Å². The molecule has 7 nitrogen and oxygen atoms in total. The number of hydrogen-bond donors (Lipinski definition) is 4. The summed E-state index contributed by atoms with van der Waals surface area (Å²) in [7, 11) is 0. The number of rotatable bonds is 7. The first-order valence-electron chi connectivity index (χ1n) is 8.37. The molecule has 5 N–H and O–H groups in total. The van der Waals surface area contributed by atoms with Crippen molar-refractivity contribution in [2.75, 3.05) is 19.6 Å². The van der Waals surface area contributed by atoms with E-state index >= 15 is 0 Å². The number of nitrogens with two attached hydrogens (primary N) is 1. The smallest absolute Gasteiger partial charge is 0.241 e. The predicted molar refractivity (Wildman–Crippen MR) is 95.5 cm³/mol. The number of allylic oxidation sites excluding steroid dienone is 4. The van der Waals surface area contributed by atoms with Gasteiger partial charge in [-0.3, -0.25) is 15.2 Å². The molecule has 1 atom stereocenters. The van der Waals surface area contributed by atoms with Gasteiger partial charge in [-0.25, -0.2) is 5.43 Å². The topological polar surface area (TPSA) is 107 Å². The molecule has 1 aromatic rings. The van der Waals surface area contributed by atoms with E-state index < -0.39 is 0 Å². The fourth-order valence-corrected chi connectivity index (χ4v) is 2.88. The summed E-state index contributed by atoms with van der Waals surface area (Å²) in [5, 5.41) is 12.7. The van der Waals surface area contributed by atoms with Crippen LogP contribution in [0.3, 0.4) is 0 Å². The van der Waals surface area contributed by atoms with Crippen molar-refractivity contribution in [3.63, 3.8) is 0 Å². The van der Waals surface area contributed by atoms with Crippen LogP contribution in [0.4, 0.5) is 0 Å². The molecule has 0 aromatic carbocycles. The van der Waals surface area contributed by atoms with Crippen molar-refractivity contribution in [1.82, 2.24) is 15.8 Å². The minimum atomic E-state index is -0.100. The first kappa shape index (κ1) is 17.0. The molecule has 1 aromatic heterocycles. The molecule has 1 unspecified atom stereocenters. The molecule has 132 valence electrons. The Hall–Kier alpha value is -2.80. The van der Waals surface area contributed by atoms with Gasteiger partial charge in [0, 0.05) is 18.7 Å². The van der Waals surface area contributed by atoms with E-state index in [4.69, 9.17) is 15.6 Å². The zero-order chi connectivity index (χ0) is 17.6. The van der Waals surface area contributed by atoms with E-state index in [1.165, 1.54) is 6.26 Å². The van der Waals surface area contributed by atoms with Crippen LogP contribution in [0.1, 0.15) is 18.6 Å². The van der Waals surface area contributed by atoms with Crippen molar-refractivity contribution >= 4 is 11.6 Å². The number of hydrogen-bond acceptors (Lipinski definition) is 6. The Bertz CT molecular complexity index is 718. The number of amides is 1. The average Bonchev–Trinajstić information content (AvgIpc) is 3.27. The quantitative estimate of drug-likeness (QED) is 0.559. The van der Waals surface area contributed by atoms with E-state index in [0.29, 0.717) is 36.2 Å². The van der Waals surface area contributed by atoms with E-state index in [9.17, 15) is 4.79 Å². The highest BCUT2D eigenvalue weighted by atomic mass is 16.3. The molecule has 2 heterocycles. The van der Waals surface area contributed by atoms with Gasteiger partial charge < -0.3 is 15.5 Å². The summed E-state index contributed by atoms with van der Waals surface area (Å²) in [5.41, 5.74) is 9.99. The van der Waals surface area contributed by atoms with Crippen molar-refractivity contribution in [2.45, 2.75) is 12.8 Å². The van der Waals surface area contributed by atoms with Gasteiger partial charge in [0.25, 0.3) is 0 Å². The Morgan fingerprint density at radius 3 is 3.08 bits per heavy atom. The van der Waals surface area contributed by atoms with E-state index in [0.717, 1.165) is 12.8 Å². The highest BCUT2D eigenvalue weighted by molar-refractivity contribution is 6.09. The predicted octanol–water partition coefficient (Wildman–Crippen LogP) is 1.28. The van der Waals surface area contributed by atoms with Crippen LogP contribution < -0.4 is 16.5 Å². The van der Waals surface area contributed by atoms with Gasteiger partial charge in [-0.15, -0.1) is 0 Å². The van der Waals surface area contributed by atoms with Gasteiger partial charge in [0.15, 0.2) is 5.76 Å². The molecule has 0 bridgehead atoms. The van der Waals surface area contributed by atoms with Crippen molar-refractivity contribution in [1.29, 1.82) is 5.41 Å². The fourth-order valence-electron chi connectivity index (χ4n) is 2.88. The Labute approximate surface area is 146 Å². The van der Waals surface area contributed by atoms with Gasteiger partial charge in [-0.2, -0.15) is 0 Å². The minimum Gasteiger partial charge on any atom is -0.463 e. The standard InChI is InChI=1S/C18H23N5O2/c19-17(15-7-4-10-25-15)14-11-22-23(18(14)20)12-16(24)21-9-8-13-5-2-1-3-6-13/h1-5,7,10,13,19,22H,6,8-9,11-12,20H2,(H,21,24). The number of carbonyl (C=O) groups is 1. The molecule has 0 saturated heterocycles. The van der Waals surface area contributed by atoms with E-state index in [1.54, 1.807) is 17.1 Å². The lowest BCUT2D eigenvalue weighted by Crippen LogP contribution is -2.43.